The first-order valence-corrected chi connectivity index (χ1v) is 7.52. The first-order chi connectivity index (χ1) is 12.4. The molecule has 0 amide bonds. The number of hydrogen-bond donors (Lipinski definition) is 0. The van der Waals surface area contributed by atoms with Gasteiger partial charge in [-0.3, -0.25) is 15.1 Å². The highest BCUT2D eigenvalue weighted by Gasteiger charge is 2.21. The Hall–Kier alpha value is -3.69. The van der Waals surface area contributed by atoms with E-state index in [4.69, 9.17) is 9.15 Å². The first kappa shape index (κ1) is 17.1. The Kier molecular flexibility index (Phi) is 4.65. The van der Waals surface area contributed by atoms with Gasteiger partial charge in [-0.2, -0.15) is 0 Å². The van der Waals surface area contributed by atoms with Crippen molar-refractivity contribution < 1.29 is 18.9 Å². The Bertz CT molecular complexity index is 936. The minimum atomic E-state index is -0.801. The number of hydrogen-bond acceptors (Lipinski definition) is 9. The van der Waals surface area contributed by atoms with Crippen LogP contribution in [0.5, 0.6) is 0 Å². The quantitative estimate of drug-likeness (QED) is 0.384. The van der Waals surface area contributed by atoms with Crippen LogP contribution in [0, 0.1) is 17.0 Å². The monoisotopic (exact) mass is 355 g/mol. The standard InChI is InChI=1S/C16H13N5O5/c1-9-7-18-13(8-17-9)16(22)25-10(2)14-19-20-15(26-14)11-3-5-12(6-4-11)21(23)24/h3-8,10H,1-2H3/t10-/m0/s1. The maximum atomic E-state index is 12.0. The number of aryl methyl sites for hydroxylation is 1. The molecule has 2 aromatic heterocycles. The molecule has 0 saturated carbocycles. The lowest BCUT2D eigenvalue weighted by Crippen LogP contribution is -2.11. The van der Waals surface area contributed by atoms with Gasteiger partial charge in [0.05, 0.1) is 16.8 Å². The van der Waals surface area contributed by atoms with E-state index in [1.54, 1.807) is 13.8 Å². The molecule has 2 heterocycles. The van der Waals surface area contributed by atoms with Gasteiger partial charge in [-0.15, -0.1) is 10.2 Å². The molecule has 3 aromatic rings. The largest absolute Gasteiger partial charge is 0.448 e. The van der Waals surface area contributed by atoms with Crippen LogP contribution in [0.15, 0.2) is 41.1 Å². The van der Waals surface area contributed by atoms with Crippen molar-refractivity contribution in [1.82, 2.24) is 20.2 Å². The zero-order valence-corrected chi connectivity index (χ0v) is 13.8. The Balaban J connectivity index is 1.71. The van der Waals surface area contributed by atoms with Crippen LogP contribution in [0.4, 0.5) is 5.69 Å². The molecule has 132 valence electrons. The first-order valence-electron chi connectivity index (χ1n) is 7.52. The summed E-state index contributed by atoms with van der Waals surface area (Å²) in [7, 11) is 0. The molecule has 26 heavy (non-hydrogen) atoms. The molecule has 1 aromatic carbocycles. The van der Waals surface area contributed by atoms with E-state index < -0.39 is 17.0 Å². The number of benzene rings is 1. The minimum absolute atomic E-state index is 0.0463. The Morgan fingerprint density at radius 1 is 1.19 bits per heavy atom. The average Bonchev–Trinajstić information content (AvgIpc) is 3.12. The second kappa shape index (κ2) is 7.05. The van der Waals surface area contributed by atoms with E-state index in [1.165, 1.54) is 36.7 Å². The van der Waals surface area contributed by atoms with E-state index in [-0.39, 0.29) is 23.2 Å². The van der Waals surface area contributed by atoms with Crippen LogP contribution in [0.1, 0.15) is 35.1 Å². The third kappa shape index (κ3) is 3.69. The summed E-state index contributed by atoms with van der Waals surface area (Å²) in [4.78, 5) is 30.1. The molecular weight excluding hydrogens is 342 g/mol. The van der Waals surface area contributed by atoms with Gasteiger partial charge in [0.2, 0.25) is 5.89 Å². The van der Waals surface area contributed by atoms with Crippen LogP contribution in [-0.2, 0) is 4.74 Å². The highest BCUT2D eigenvalue weighted by atomic mass is 16.6. The van der Waals surface area contributed by atoms with Gasteiger partial charge in [0.15, 0.2) is 11.8 Å². The van der Waals surface area contributed by atoms with Crippen LogP contribution in [0.3, 0.4) is 0 Å². The highest BCUT2D eigenvalue weighted by molar-refractivity contribution is 5.86. The van der Waals surface area contributed by atoms with Crippen molar-refractivity contribution in [2.75, 3.05) is 0 Å². The molecule has 1 atom stereocenters. The van der Waals surface area contributed by atoms with Crippen LogP contribution in [0.2, 0.25) is 0 Å². The van der Waals surface area contributed by atoms with Gasteiger partial charge in [0.1, 0.15) is 0 Å². The smallest absolute Gasteiger partial charge is 0.359 e. The van der Waals surface area contributed by atoms with E-state index in [9.17, 15) is 14.9 Å². The number of nitro benzene ring substituents is 1. The lowest BCUT2D eigenvalue weighted by molar-refractivity contribution is -0.384. The fraction of sp³-hybridized carbons (Fsp3) is 0.188. The number of ether oxygens (including phenoxy) is 1. The van der Waals surface area contributed by atoms with E-state index >= 15 is 0 Å². The van der Waals surface area contributed by atoms with Gasteiger partial charge < -0.3 is 9.15 Å². The zero-order valence-electron chi connectivity index (χ0n) is 13.8. The Morgan fingerprint density at radius 3 is 2.54 bits per heavy atom. The van der Waals surface area contributed by atoms with Crippen molar-refractivity contribution >= 4 is 11.7 Å². The summed E-state index contributed by atoms with van der Waals surface area (Å²) in [5.74, 6) is -0.417. The normalized spacial score (nSPS) is 11.8. The zero-order chi connectivity index (χ0) is 18.7. The van der Waals surface area contributed by atoms with Gasteiger partial charge in [-0.05, 0) is 26.0 Å². The number of carbonyl (C=O) groups is 1. The van der Waals surface area contributed by atoms with Crippen molar-refractivity contribution in [2.45, 2.75) is 20.0 Å². The van der Waals surface area contributed by atoms with Crippen LogP contribution in [-0.4, -0.2) is 31.1 Å². The lowest BCUT2D eigenvalue weighted by Gasteiger charge is -2.08. The minimum Gasteiger partial charge on any atom is -0.448 e. The van der Waals surface area contributed by atoms with E-state index in [0.717, 1.165) is 0 Å². The number of esters is 1. The molecular formula is C16H13N5O5. The fourth-order valence-electron chi connectivity index (χ4n) is 2.01. The van der Waals surface area contributed by atoms with Gasteiger partial charge in [-0.1, -0.05) is 0 Å². The van der Waals surface area contributed by atoms with Gasteiger partial charge in [0.25, 0.3) is 11.6 Å². The van der Waals surface area contributed by atoms with E-state index in [0.29, 0.717) is 11.3 Å². The second-order valence-corrected chi connectivity index (χ2v) is 5.34. The molecule has 0 spiro atoms. The van der Waals surface area contributed by atoms with Crippen LogP contribution >= 0.6 is 0 Å². The molecule has 0 saturated heterocycles. The molecule has 0 aliphatic carbocycles. The number of nitro groups is 1. The van der Waals surface area contributed by atoms with Crippen molar-refractivity contribution in [3.8, 4) is 11.5 Å². The Labute approximate surface area is 147 Å². The van der Waals surface area contributed by atoms with Crippen molar-refractivity contribution in [1.29, 1.82) is 0 Å². The molecule has 10 heteroatoms. The molecule has 0 aliphatic heterocycles. The van der Waals surface area contributed by atoms with Crippen molar-refractivity contribution in [2.24, 2.45) is 0 Å². The summed E-state index contributed by atoms with van der Waals surface area (Å²) < 4.78 is 10.7. The predicted octanol–water partition coefficient (Wildman–Crippen LogP) is 2.66. The number of nitrogens with zero attached hydrogens (tertiary/aromatic N) is 5. The topological polar surface area (TPSA) is 134 Å². The lowest BCUT2D eigenvalue weighted by atomic mass is 10.2. The summed E-state index contributed by atoms with van der Waals surface area (Å²) in [6.45, 7) is 3.33. The molecule has 0 bridgehead atoms. The number of aromatic nitrogens is 4. The fourth-order valence-corrected chi connectivity index (χ4v) is 2.01. The molecule has 3 rings (SSSR count). The maximum absolute atomic E-state index is 12.0. The Morgan fingerprint density at radius 2 is 1.92 bits per heavy atom. The van der Waals surface area contributed by atoms with E-state index in [1.807, 2.05) is 0 Å². The van der Waals surface area contributed by atoms with E-state index in [2.05, 4.69) is 20.2 Å². The van der Waals surface area contributed by atoms with Crippen molar-refractivity contribution in [3.63, 3.8) is 0 Å². The molecule has 0 radical (unpaired) electrons. The number of non-ortho nitro benzene ring substituents is 1. The molecule has 0 N–H and O–H groups in total. The summed E-state index contributed by atoms with van der Waals surface area (Å²) in [5.41, 5.74) is 1.21. The van der Waals surface area contributed by atoms with Crippen LogP contribution in [0.25, 0.3) is 11.5 Å². The average molecular weight is 355 g/mol. The number of carbonyl (C=O) groups excluding carboxylic acids is 1. The predicted molar refractivity (Wildman–Crippen MR) is 87.0 cm³/mol. The summed E-state index contributed by atoms with van der Waals surface area (Å²) in [6, 6.07) is 5.65. The molecule has 0 aliphatic rings. The van der Waals surface area contributed by atoms with Gasteiger partial charge in [0, 0.05) is 23.9 Å². The third-order valence-electron chi connectivity index (χ3n) is 3.39. The SMILES string of the molecule is Cc1cnc(C(=O)O[C@@H](C)c2nnc(-c3ccc([N+](=O)[O-])cc3)o2)cn1. The highest BCUT2D eigenvalue weighted by Crippen LogP contribution is 2.24. The summed E-state index contributed by atoms with van der Waals surface area (Å²) in [6.07, 6.45) is 1.98. The maximum Gasteiger partial charge on any atom is 0.359 e. The molecule has 10 nitrogen and oxygen atoms in total. The van der Waals surface area contributed by atoms with Crippen LogP contribution < -0.4 is 0 Å². The summed E-state index contributed by atoms with van der Waals surface area (Å²) >= 11 is 0. The second-order valence-electron chi connectivity index (χ2n) is 5.34. The molecule has 0 fully saturated rings. The van der Waals surface area contributed by atoms with Gasteiger partial charge >= 0.3 is 5.97 Å². The van der Waals surface area contributed by atoms with Gasteiger partial charge in [-0.25, -0.2) is 9.78 Å². The van der Waals surface area contributed by atoms with Crippen molar-refractivity contribution in [3.05, 3.63) is 64.1 Å². The molecule has 0 unspecified atom stereocenters. The summed E-state index contributed by atoms with van der Waals surface area (Å²) in [5, 5.41) is 18.4. The third-order valence-corrected chi connectivity index (χ3v) is 3.39. The number of rotatable bonds is 5.